The smallest absolute Gasteiger partial charge is 0.271 e. The van der Waals surface area contributed by atoms with Crippen LogP contribution in [0.3, 0.4) is 0 Å². The third-order valence-corrected chi connectivity index (χ3v) is 4.34. The number of nitrogens with zero attached hydrogens (tertiary/aromatic N) is 4. The molecule has 0 aliphatic heterocycles. The van der Waals surface area contributed by atoms with Gasteiger partial charge in [0.25, 0.3) is 5.91 Å². The van der Waals surface area contributed by atoms with E-state index in [1.165, 1.54) is 6.20 Å². The lowest BCUT2D eigenvalue weighted by molar-refractivity contribution is 0.0938. The lowest BCUT2D eigenvalue weighted by atomic mass is 10.1. The monoisotopic (exact) mass is 307 g/mol. The molecular weight excluding hydrogens is 290 g/mol. The molecule has 0 spiro atoms. The summed E-state index contributed by atoms with van der Waals surface area (Å²) in [4.78, 5) is 25.1. The van der Waals surface area contributed by atoms with Crippen LogP contribution in [0.15, 0.2) is 49.2 Å². The molecule has 1 aliphatic carbocycles. The largest absolute Gasteiger partial charge is 0.350 e. The lowest BCUT2D eigenvalue weighted by Crippen LogP contribution is -2.32. The molecule has 6 nitrogen and oxygen atoms in total. The van der Waals surface area contributed by atoms with E-state index >= 15 is 0 Å². The quantitative estimate of drug-likeness (QED) is 0.783. The van der Waals surface area contributed by atoms with Crippen LogP contribution in [0.2, 0.25) is 0 Å². The summed E-state index contributed by atoms with van der Waals surface area (Å²) in [6.07, 6.45) is 9.32. The highest BCUT2D eigenvalue weighted by Crippen LogP contribution is 2.46. The molecule has 1 fully saturated rings. The molecule has 6 heteroatoms. The number of carbonyl (C=O) groups excluding carboxylic acids is 1. The summed E-state index contributed by atoms with van der Waals surface area (Å²) in [6.45, 7) is 1.54. The van der Waals surface area contributed by atoms with E-state index in [1.54, 1.807) is 6.20 Å². The third kappa shape index (κ3) is 2.92. The van der Waals surface area contributed by atoms with E-state index in [1.807, 2.05) is 36.8 Å². The topological polar surface area (TPSA) is 72.7 Å². The van der Waals surface area contributed by atoms with E-state index < -0.39 is 0 Å². The molecule has 1 saturated carbocycles. The molecule has 3 aromatic rings. The Hall–Kier alpha value is -2.76. The van der Waals surface area contributed by atoms with E-state index in [0.29, 0.717) is 12.2 Å². The molecule has 4 rings (SSSR count). The Kier molecular flexibility index (Phi) is 3.29. The fraction of sp³-hybridized carbons (Fsp3) is 0.294. The van der Waals surface area contributed by atoms with Crippen molar-refractivity contribution in [2.24, 2.45) is 5.41 Å². The fourth-order valence-electron chi connectivity index (χ4n) is 2.76. The lowest BCUT2D eigenvalue weighted by Gasteiger charge is -2.16. The summed E-state index contributed by atoms with van der Waals surface area (Å²) in [7, 11) is 0. The van der Waals surface area contributed by atoms with Crippen LogP contribution in [-0.2, 0) is 6.54 Å². The maximum Gasteiger partial charge on any atom is 0.271 e. The van der Waals surface area contributed by atoms with Gasteiger partial charge in [0, 0.05) is 30.9 Å². The average molecular weight is 307 g/mol. The van der Waals surface area contributed by atoms with Gasteiger partial charge in [-0.3, -0.25) is 9.78 Å². The van der Waals surface area contributed by atoms with Gasteiger partial charge in [0.2, 0.25) is 0 Å². The number of aromatic nitrogens is 4. The van der Waals surface area contributed by atoms with Crippen molar-refractivity contribution in [3.8, 4) is 0 Å². The third-order valence-electron chi connectivity index (χ3n) is 4.34. The molecule has 0 radical (unpaired) electrons. The van der Waals surface area contributed by atoms with Crippen molar-refractivity contribution >= 4 is 16.9 Å². The number of fused-ring (bicyclic) bond motifs is 1. The normalized spacial score (nSPS) is 15.5. The van der Waals surface area contributed by atoms with E-state index in [0.717, 1.165) is 30.4 Å². The van der Waals surface area contributed by atoms with Gasteiger partial charge in [-0.1, -0.05) is 12.1 Å². The number of amides is 1. The van der Waals surface area contributed by atoms with Crippen LogP contribution in [0.5, 0.6) is 0 Å². The molecule has 1 amide bonds. The summed E-state index contributed by atoms with van der Waals surface area (Å²) >= 11 is 0. The molecule has 23 heavy (non-hydrogen) atoms. The van der Waals surface area contributed by atoms with Gasteiger partial charge in [-0.25, -0.2) is 9.97 Å². The van der Waals surface area contributed by atoms with Crippen LogP contribution in [0.1, 0.15) is 23.3 Å². The van der Waals surface area contributed by atoms with E-state index in [-0.39, 0.29) is 11.3 Å². The molecule has 0 atom stereocenters. The molecule has 2 heterocycles. The van der Waals surface area contributed by atoms with Crippen molar-refractivity contribution in [2.75, 3.05) is 6.54 Å². The summed E-state index contributed by atoms with van der Waals surface area (Å²) < 4.78 is 2.06. The second-order valence-electron chi connectivity index (χ2n) is 6.16. The predicted octanol–water partition coefficient (Wildman–Crippen LogP) is 2.04. The second-order valence-corrected chi connectivity index (χ2v) is 6.16. The van der Waals surface area contributed by atoms with Gasteiger partial charge in [-0.05, 0) is 25.0 Å². The number of benzene rings is 1. The molecule has 1 aliphatic rings. The molecule has 0 bridgehead atoms. The highest BCUT2D eigenvalue weighted by atomic mass is 16.1. The highest BCUT2D eigenvalue weighted by molar-refractivity contribution is 5.93. The van der Waals surface area contributed by atoms with Gasteiger partial charge < -0.3 is 9.88 Å². The van der Waals surface area contributed by atoms with Crippen molar-refractivity contribution in [2.45, 2.75) is 19.4 Å². The summed E-state index contributed by atoms with van der Waals surface area (Å²) in [5.74, 6) is -0.167. The Labute approximate surface area is 133 Å². The first kappa shape index (κ1) is 13.9. The number of para-hydroxylation sites is 2. The first-order valence-electron chi connectivity index (χ1n) is 7.70. The second kappa shape index (κ2) is 5.46. The van der Waals surface area contributed by atoms with Crippen LogP contribution in [0.25, 0.3) is 11.0 Å². The maximum absolute atomic E-state index is 12.3. The standard InChI is InChI=1S/C17H17N5O/c23-16(15-9-19-13-3-1-2-4-14(13)21-15)20-10-17(5-6-17)11-22-8-7-18-12-22/h1-4,7-9,12H,5-6,10-11H2,(H,20,23). The van der Waals surface area contributed by atoms with E-state index in [4.69, 9.17) is 0 Å². The molecule has 1 N–H and O–H groups in total. The highest BCUT2D eigenvalue weighted by Gasteiger charge is 2.43. The molecule has 116 valence electrons. The zero-order chi connectivity index (χ0) is 15.7. The zero-order valence-electron chi connectivity index (χ0n) is 12.6. The Balaban J connectivity index is 1.43. The maximum atomic E-state index is 12.3. The summed E-state index contributed by atoms with van der Waals surface area (Å²) in [5, 5.41) is 3.00. The Bertz CT molecular complexity index is 839. The van der Waals surface area contributed by atoms with E-state index in [9.17, 15) is 4.79 Å². The first-order valence-corrected chi connectivity index (χ1v) is 7.70. The minimum atomic E-state index is -0.167. The average Bonchev–Trinajstić information content (AvgIpc) is 3.15. The summed E-state index contributed by atoms with van der Waals surface area (Å²) in [5.41, 5.74) is 2.05. The van der Waals surface area contributed by atoms with Gasteiger partial charge in [0.15, 0.2) is 0 Å². The van der Waals surface area contributed by atoms with Crippen LogP contribution in [0, 0.1) is 5.41 Å². The molecule has 2 aromatic heterocycles. The van der Waals surface area contributed by atoms with Crippen LogP contribution >= 0.6 is 0 Å². The van der Waals surface area contributed by atoms with Crippen LogP contribution < -0.4 is 5.32 Å². The Morgan fingerprint density at radius 3 is 2.83 bits per heavy atom. The van der Waals surface area contributed by atoms with Crippen molar-refractivity contribution in [1.82, 2.24) is 24.8 Å². The predicted molar refractivity (Wildman–Crippen MR) is 85.8 cm³/mol. The minimum Gasteiger partial charge on any atom is -0.350 e. The van der Waals surface area contributed by atoms with Crippen LogP contribution in [0.4, 0.5) is 0 Å². The van der Waals surface area contributed by atoms with Crippen molar-refractivity contribution < 1.29 is 4.79 Å². The number of carbonyl (C=O) groups is 1. The fourth-order valence-corrected chi connectivity index (χ4v) is 2.76. The molecular formula is C17H17N5O. The number of hydrogen-bond donors (Lipinski definition) is 1. The van der Waals surface area contributed by atoms with Gasteiger partial charge in [0.1, 0.15) is 5.69 Å². The van der Waals surface area contributed by atoms with Gasteiger partial charge in [-0.2, -0.15) is 0 Å². The number of rotatable bonds is 5. The molecule has 0 unspecified atom stereocenters. The van der Waals surface area contributed by atoms with Crippen molar-refractivity contribution in [1.29, 1.82) is 0 Å². The van der Waals surface area contributed by atoms with Crippen LogP contribution in [-0.4, -0.2) is 32.0 Å². The summed E-state index contributed by atoms with van der Waals surface area (Å²) in [6, 6.07) is 7.54. The molecule has 0 saturated heterocycles. The number of nitrogens with one attached hydrogen (secondary N) is 1. The molecule has 1 aromatic carbocycles. The van der Waals surface area contributed by atoms with Gasteiger partial charge >= 0.3 is 0 Å². The van der Waals surface area contributed by atoms with Gasteiger partial charge in [-0.15, -0.1) is 0 Å². The number of hydrogen-bond acceptors (Lipinski definition) is 4. The number of imidazole rings is 1. The SMILES string of the molecule is O=C(NCC1(Cn2ccnc2)CC1)c1cnc2ccccc2n1. The minimum absolute atomic E-state index is 0.153. The Morgan fingerprint density at radius 1 is 1.26 bits per heavy atom. The van der Waals surface area contributed by atoms with Gasteiger partial charge in [0.05, 0.1) is 23.6 Å². The first-order chi connectivity index (χ1) is 11.2. The van der Waals surface area contributed by atoms with Crippen molar-refractivity contribution in [3.05, 3.63) is 54.9 Å². The zero-order valence-corrected chi connectivity index (χ0v) is 12.6. The van der Waals surface area contributed by atoms with Crippen molar-refractivity contribution in [3.63, 3.8) is 0 Å². The van der Waals surface area contributed by atoms with E-state index in [2.05, 4.69) is 24.8 Å². The Morgan fingerprint density at radius 2 is 2.09 bits per heavy atom.